The second-order valence-corrected chi connectivity index (χ2v) is 30.6. The minimum atomic E-state index is -2.28. The Hall–Kier alpha value is -13.9. The molecule has 19 aromatic rings. The zero-order chi connectivity index (χ0) is 92.9. The fourth-order valence-corrected chi connectivity index (χ4v) is 16.1. The summed E-state index contributed by atoms with van der Waals surface area (Å²) in [6.45, 7) is -1.95. The van der Waals surface area contributed by atoms with Crippen molar-refractivity contribution in [3.05, 3.63) is 434 Å². The number of nitrogens with zero attached hydrogens (tertiary/aromatic N) is 6. The Bertz CT molecular complexity index is 6900. The average Bonchev–Trinajstić information content (AvgIpc) is 0.766. The molecule has 0 saturated carbocycles. The quantitative estimate of drug-likeness (QED) is 0.0797. The van der Waals surface area contributed by atoms with Crippen LogP contribution in [-0.2, 0) is 40.2 Å². The predicted octanol–water partition coefficient (Wildman–Crippen LogP) is 29.3. The third-order valence-electron chi connectivity index (χ3n) is 22.8. The molecule has 0 aliphatic carbocycles. The first-order valence-corrected chi connectivity index (χ1v) is 40.3. The van der Waals surface area contributed by atoms with Crippen LogP contribution in [0, 0.1) is 91.5 Å². The molecule has 124 heavy (non-hydrogen) atoms. The molecule has 0 N–H and O–H groups in total. The van der Waals surface area contributed by atoms with Gasteiger partial charge in [-0.1, -0.05) is 265 Å². The van der Waals surface area contributed by atoms with Gasteiger partial charge in [-0.15, -0.1) is 179 Å². The van der Waals surface area contributed by atoms with Crippen LogP contribution in [0.3, 0.4) is 0 Å². The first kappa shape index (κ1) is 68.7. The molecular formula is C116H82Ir2N6. The molecule has 6 nitrogen and oxygen atoms in total. The molecule has 0 amide bonds. The Balaban J connectivity index is 0.00000642. The van der Waals surface area contributed by atoms with Gasteiger partial charge in [0.2, 0.25) is 0 Å². The van der Waals surface area contributed by atoms with E-state index < -0.39 is 27.4 Å². The van der Waals surface area contributed by atoms with Gasteiger partial charge in [-0.25, -0.2) is 0 Å². The van der Waals surface area contributed by atoms with Crippen molar-refractivity contribution in [1.29, 1.82) is 0 Å². The molecule has 5 aromatic heterocycles. The molecule has 594 valence electrons. The number of aromatic nitrogens is 6. The van der Waals surface area contributed by atoms with Gasteiger partial charge in [0.05, 0.1) is 6.33 Å². The third kappa shape index (κ3) is 17.0. The number of aryl methyl sites for hydroxylation is 8. The van der Waals surface area contributed by atoms with E-state index in [1.165, 1.54) is 24.8 Å². The van der Waals surface area contributed by atoms with Gasteiger partial charge < -0.3 is 19.9 Å². The summed E-state index contributed by atoms with van der Waals surface area (Å²) >= 11 is 0. The standard InChI is InChI=1S/C116H82N6.2Ir/c1-73-57-111(117-68-77(73)5)87-45-33-81(34-46-87)99-21-9-15-27-105(99)93-61-94(106-28-16-10-22-100(106)82-35-47-88(48-36-82)112-58-74(2)78(6)69-118-112)64-97(63-93)109-31-19-13-25-103(109)85-41-53-91(54-42-85)115-67-116(122-72-121-115)92-55-43-86(44-56-92)104-26-14-20-32-110(104)98-65-95(107-29-17-11-23-101(107)83-37-49-89(50-38-83)113-59-75(3)79(7)70-119-113)62-96(66-98)108-30-18-12-24-102(108)84-39-51-90(52-40-84)114-60-76(4)80(8)71-120-114;;/h9-45,47,49,51,53,55,57-72H,1-8H3;;/q-6;2*+3/i5D3,6D3,7D3,8D3;;. The fourth-order valence-electron chi connectivity index (χ4n) is 16.1. The van der Waals surface area contributed by atoms with Crippen molar-refractivity contribution in [3.8, 4) is 201 Å². The van der Waals surface area contributed by atoms with Gasteiger partial charge in [0.15, 0.2) is 0 Å². The SMILES string of the molecule is [2H]C([2H])([2H])c1cnc(-c2[c-]cc(-c3ccccc3-c3cc(-c4ccccc4-c4c[c-]c(-c5cc(-c6[c-]cc(-c7ccccc7-c7cc(-c8ccccc8-c8c[c-]c(-c9cc(C)c(C([2H])([2H])[2H])cn9)cc8)cc(-c8ccccc8-c8c[c-]c(-c9cc(C)c(C([2H])([2H])[2H])cn9)cc8)c7)cc6)ncn5)cc4)cc(-c4ccccc4-c4c[c-]c(-c5cc(C)c(C([2H])([2H])[2H])cn5)cc4)c3)cc2)cc1C.[Ir+3].[Ir+3]. The van der Waals surface area contributed by atoms with E-state index in [2.05, 4.69) is 263 Å². The minimum Gasteiger partial charge on any atom is -0.304 e. The Morgan fingerprint density at radius 3 is 0.508 bits per heavy atom. The van der Waals surface area contributed by atoms with Crippen molar-refractivity contribution in [3.63, 3.8) is 0 Å². The smallest absolute Gasteiger partial charge is 0.304 e. The van der Waals surface area contributed by atoms with Crippen LogP contribution in [-0.4, -0.2) is 29.9 Å². The second kappa shape index (κ2) is 36.0. The van der Waals surface area contributed by atoms with Crippen molar-refractivity contribution in [2.75, 3.05) is 0 Å². The second-order valence-electron chi connectivity index (χ2n) is 30.6. The van der Waals surface area contributed by atoms with Gasteiger partial charge in [0.1, 0.15) is 0 Å². The number of hydrogen-bond donors (Lipinski definition) is 0. The maximum Gasteiger partial charge on any atom is 3.00 e. The van der Waals surface area contributed by atoms with Gasteiger partial charge in [0.25, 0.3) is 0 Å². The van der Waals surface area contributed by atoms with Gasteiger partial charge in [-0.3, -0.25) is 9.97 Å². The maximum atomic E-state index is 8.03. The van der Waals surface area contributed by atoms with E-state index >= 15 is 0 Å². The molecular weight excluding hydrogens is 1860 g/mol. The van der Waals surface area contributed by atoms with E-state index in [0.717, 1.165) is 167 Å². The molecule has 0 bridgehead atoms. The van der Waals surface area contributed by atoms with Crippen LogP contribution < -0.4 is 0 Å². The van der Waals surface area contributed by atoms with Crippen molar-refractivity contribution in [2.45, 2.75) is 55.1 Å². The van der Waals surface area contributed by atoms with Crippen LogP contribution >= 0.6 is 0 Å². The van der Waals surface area contributed by atoms with E-state index in [-0.39, 0.29) is 62.5 Å². The normalized spacial score (nSPS) is 12.9. The molecule has 0 radical (unpaired) electrons. The van der Waals surface area contributed by atoms with E-state index in [9.17, 15) is 0 Å². The van der Waals surface area contributed by atoms with Crippen LogP contribution in [0.4, 0.5) is 0 Å². The van der Waals surface area contributed by atoms with Gasteiger partial charge in [-0.05, 0) is 215 Å². The molecule has 0 spiro atoms. The van der Waals surface area contributed by atoms with E-state index in [1.54, 1.807) is 58.3 Å². The molecule has 0 unspecified atom stereocenters. The van der Waals surface area contributed by atoms with Crippen molar-refractivity contribution >= 4 is 0 Å². The molecule has 0 fully saturated rings. The Kier molecular flexibility index (Phi) is 19.9. The summed E-state index contributed by atoms with van der Waals surface area (Å²) in [5.74, 6) is 0. The zero-order valence-electron chi connectivity index (χ0n) is 79.8. The number of pyridine rings is 4. The molecule has 0 saturated heterocycles. The summed E-state index contributed by atoms with van der Waals surface area (Å²) in [4.78, 5) is 27.9. The summed E-state index contributed by atoms with van der Waals surface area (Å²) in [7, 11) is 0. The zero-order valence-corrected chi connectivity index (χ0v) is 72.6. The molecule has 8 heteroatoms. The summed E-state index contributed by atoms with van der Waals surface area (Å²) in [5, 5.41) is 0. The molecule has 14 aromatic carbocycles. The Morgan fingerprint density at radius 1 is 0.185 bits per heavy atom. The molecule has 0 aliphatic heterocycles. The molecule has 0 atom stereocenters. The van der Waals surface area contributed by atoms with Gasteiger partial charge in [-0.2, -0.15) is 0 Å². The fraction of sp³-hybridized carbons (Fsp3) is 0.0690. The summed E-state index contributed by atoms with van der Waals surface area (Å²) in [6.07, 6.45) is 7.34. The molecule has 5 heterocycles. The van der Waals surface area contributed by atoms with Crippen molar-refractivity contribution < 1.29 is 56.7 Å². The average molecular weight is 1960 g/mol. The molecule has 19 rings (SSSR count). The Labute approximate surface area is 771 Å². The van der Waals surface area contributed by atoms with Crippen molar-refractivity contribution in [1.82, 2.24) is 29.9 Å². The summed E-state index contributed by atoms with van der Waals surface area (Å²) in [6, 6.07) is 131. The number of benzene rings is 14. The topological polar surface area (TPSA) is 77.3 Å². The summed E-state index contributed by atoms with van der Waals surface area (Å²) in [5.41, 5.74) is 35.1. The number of rotatable bonds is 18. The van der Waals surface area contributed by atoms with E-state index in [0.29, 0.717) is 56.4 Å². The summed E-state index contributed by atoms with van der Waals surface area (Å²) < 4.78 is 96.4. The monoisotopic (exact) mass is 1960 g/mol. The van der Waals surface area contributed by atoms with Crippen molar-refractivity contribution in [2.24, 2.45) is 0 Å². The van der Waals surface area contributed by atoms with E-state index in [1.807, 2.05) is 91.0 Å². The first-order valence-electron chi connectivity index (χ1n) is 46.3. The first-order chi connectivity index (χ1) is 64.6. The molecule has 0 aliphatic rings. The largest absolute Gasteiger partial charge is 3.00 e. The van der Waals surface area contributed by atoms with E-state index in [4.69, 9.17) is 26.4 Å². The van der Waals surface area contributed by atoms with Crippen LogP contribution in [0.15, 0.2) is 353 Å². The van der Waals surface area contributed by atoms with Crippen LogP contribution in [0.2, 0.25) is 0 Å². The van der Waals surface area contributed by atoms with Gasteiger partial charge in [0, 0.05) is 41.2 Å². The number of hydrogen-bond acceptors (Lipinski definition) is 6. The third-order valence-corrected chi connectivity index (χ3v) is 22.8. The maximum absolute atomic E-state index is 8.03. The van der Waals surface area contributed by atoms with Crippen LogP contribution in [0.25, 0.3) is 201 Å². The van der Waals surface area contributed by atoms with Crippen LogP contribution in [0.1, 0.15) is 61.0 Å². The van der Waals surface area contributed by atoms with Gasteiger partial charge >= 0.3 is 40.2 Å². The minimum absolute atomic E-state index is 0. The van der Waals surface area contributed by atoms with Crippen LogP contribution in [0.5, 0.6) is 0 Å². The predicted molar refractivity (Wildman–Crippen MR) is 502 cm³/mol. The Morgan fingerprint density at radius 2 is 0.355 bits per heavy atom.